The van der Waals surface area contributed by atoms with Crippen molar-refractivity contribution in [1.29, 1.82) is 0 Å². The summed E-state index contributed by atoms with van der Waals surface area (Å²) in [6, 6.07) is 1.98. The summed E-state index contributed by atoms with van der Waals surface area (Å²) in [4.78, 5) is 0. The monoisotopic (exact) mass is 261 g/mol. The molecule has 2 rings (SSSR count). The molecule has 0 aliphatic heterocycles. The van der Waals surface area contributed by atoms with Crippen molar-refractivity contribution in [3.05, 3.63) is 41.5 Å². The molecule has 1 aromatic heterocycles. The van der Waals surface area contributed by atoms with E-state index in [0.29, 0.717) is 18.2 Å². The van der Waals surface area contributed by atoms with E-state index in [-0.39, 0.29) is 11.4 Å². The highest BCUT2D eigenvalue weighted by Crippen LogP contribution is 2.31. The van der Waals surface area contributed by atoms with Gasteiger partial charge in [0.1, 0.15) is 17.2 Å². The highest BCUT2D eigenvalue weighted by molar-refractivity contribution is 5.37. The van der Waals surface area contributed by atoms with Crippen LogP contribution in [0.1, 0.15) is 11.3 Å². The maximum atomic E-state index is 13.4. The molecule has 0 saturated carbocycles. The maximum Gasteiger partial charge on any atom is 0.416 e. The first kappa shape index (κ1) is 12.5. The van der Waals surface area contributed by atoms with Crippen LogP contribution < -0.4 is 0 Å². The van der Waals surface area contributed by atoms with Crippen LogP contribution in [0.2, 0.25) is 0 Å². The lowest BCUT2D eigenvalue weighted by molar-refractivity contribution is -0.137. The Kier molecular flexibility index (Phi) is 3.04. The molecule has 0 bridgehead atoms. The Morgan fingerprint density at radius 3 is 2.56 bits per heavy atom. The second-order valence-electron chi connectivity index (χ2n) is 3.48. The lowest BCUT2D eigenvalue weighted by Crippen LogP contribution is -2.08. The van der Waals surface area contributed by atoms with Crippen LogP contribution in [0.3, 0.4) is 0 Å². The van der Waals surface area contributed by atoms with Crippen molar-refractivity contribution in [1.82, 2.24) is 15.0 Å². The van der Waals surface area contributed by atoms with E-state index in [9.17, 15) is 17.6 Å². The molecule has 0 saturated heterocycles. The van der Waals surface area contributed by atoms with Gasteiger partial charge in [0.15, 0.2) is 0 Å². The first-order valence-corrected chi connectivity index (χ1v) is 4.81. The van der Waals surface area contributed by atoms with Crippen LogP contribution >= 0.6 is 0 Å². The fourth-order valence-electron chi connectivity index (χ4n) is 1.35. The van der Waals surface area contributed by atoms with Crippen LogP contribution in [-0.2, 0) is 12.8 Å². The van der Waals surface area contributed by atoms with E-state index in [1.807, 2.05) is 0 Å². The third-order valence-corrected chi connectivity index (χ3v) is 2.22. The van der Waals surface area contributed by atoms with E-state index in [4.69, 9.17) is 5.11 Å². The molecule has 0 radical (unpaired) electrons. The zero-order valence-electron chi connectivity index (χ0n) is 8.82. The van der Waals surface area contributed by atoms with Gasteiger partial charge in [-0.25, -0.2) is 9.07 Å². The molecular formula is C10H7F4N3O. The van der Waals surface area contributed by atoms with Crippen molar-refractivity contribution >= 4 is 0 Å². The van der Waals surface area contributed by atoms with Crippen molar-refractivity contribution in [3.63, 3.8) is 0 Å². The van der Waals surface area contributed by atoms with Crippen molar-refractivity contribution in [2.24, 2.45) is 0 Å². The number of halogens is 4. The molecule has 0 atom stereocenters. The smallest absolute Gasteiger partial charge is 0.390 e. The van der Waals surface area contributed by atoms with E-state index in [1.165, 1.54) is 0 Å². The zero-order chi connectivity index (χ0) is 13.3. The molecule has 0 amide bonds. The van der Waals surface area contributed by atoms with Crippen LogP contribution in [0, 0.1) is 5.82 Å². The van der Waals surface area contributed by atoms with Gasteiger partial charge in [0, 0.05) is 0 Å². The van der Waals surface area contributed by atoms with E-state index in [1.54, 1.807) is 0 Å². The number of alkyl halides is 3. The van der Waals surface area contributed by atoms with Gasteiger partial charge in [0.2, 0.25) is 0 Å². The van der Waals surface area contributed by atoms with Crippen molar-refractivity contribution < 1.29 is 22.7 Å². The van der Waals surface area contributed by atoms with Crippen LogP contribution in [0.25, 0.3) is 5.69 Å². The minimum absolute atomic E-state index is 0.131. The minimum Gasteiger partial charge on any atom is -0.390 e. The second-order valence-corrected chi connectivity index (χ2v) is 3.48. The number of benzene rings is 1. The predicted molar refractivity (Wildman–Crippen MR) is 52.2 cm³/mol. The average Bonchev–Trinajstić information content (AvgIpc) is 2.76. The predicted octanol–water partition coefficient (Wildman–Crippen LogP) is 1.92. The fraction of sp³-hybridized carbons (Fsp3) is 0.200. The van der Waals surface area contributed by atoms with Crippen molar-refractivity contribution in [3.8, 4) is 5.69 Å². The molecule has 96 valence electrons. The van der Waals surface area contributed by atoms with Crippen LogP contribution in [0.5, 0.6) is 0 Å². The average molecular weight is 261 g/mol. The maximum absolute atomic E-state index is 13.4. The number of aliphatic hydroxyl groups excluding tert-OH is 1. The largest absolute Gasteiger partial charge is 0.416 e. The Bertz CT molecular complexity index is 564. The standard InChI is InChI=1S/C10H7F4N3O/c11-8-2-1-6(10(12,13)14)3-9(8)17-4-7(5-18)15-16-17/h1-4,18H,5H2. The lowest BCUT2D eigenvalue weighted by atomic mass is 10.2. The number of rotatable bonds is 2. The quantitative estimate of drug-likeness (QED) is 0.840. The number of hydrogen-bond acceptors (Lipinski definition) is 3. The molecule has 0 aliphatic rings. The molecule has 0 fully saturated rings. The first-order chi connectivity index (χ1) is 8.41. The highest BCUT2D eigenvalue weighted by atomic mass is 19.4. The van der Waals surface area contributed by atoms with Gasteiger partial charge in [-0.2, -0.15) is 13.2 Å². The molecular weight excluding hydrogens is 254 g/mol. The molecule has 2 aromatic rings. The Hall–Kier alpha value is -1.96. The fourth-order valence-corrected chi connectivity index (χ4v) is 1.35. The third-order valence-electron chi connectivity index (χ3n) is 2.22. The Morgan fingerprint density at radius 1 is 1.28 bits per heavy atom. The molecule has 18 heavy (non-hydrogen) atoms. The summed E-state index contributed by atoms with van der Waals surface area (Å²) in [7, 11) is 0. The normalized spacial score (nSPS) is 11.8. The summed E-state index contributed by atoms with van der Waals surface area (Å²) in [5, 5.41) is 15.7. The van der Waals surface area contributed by atoms with Crippen molar-refractivity contribution in [2.75, 3.05) is 0 Å². The molecule has 0 aliphatic carbocycles. The van der Waals surface area contributed by atoms with Gasteiger partial charge in [-0.05, 0) is 18.2 Å². The highest BCUT2D eigenvalue weighted by Gasteiger charge is 2.31. The van der Waals surface area contributed by atoms with Gasteiger partial charge >= 0.3 is 6.18 Å². The second kappa shape index (κ2) is 4.37. The number of nitrogens with zero attached hydrogens (tertiary/aromatic N) is 3. The molecule has 1 heterocycles. The Balaban J connectivity index is 2.49. The van der Waals surface area contributed by atoms with Gasteiger partial charge in [-0.15, -0.1) is 5.10 Å². The summed E-state index contributed by atoms with van der Waals surface area (Å²) in [6.45, 7) is -0.430. The Labute approximate surface area is 98.5 Å². The van der Waals surface area contributed by atoms with E-state index in [0.717, 1.165) is 10.9 Å². The molecule has 8 heteroatoms. The Morgan fingerprint density at radius 2 is 2.00 bits per heavy atom. The molecule has 0 spiro atoms. The first-order valence-electron chi connectivity index (χ1n) is 4.81. The van der Waals surface area contributed by atoms with Crippen LogP contribution in [-0.4, -0.2) is 20.1 Å². The minimum atomic E-state index is -4.57. The van der Waals surface area contributed by atoms with Crippen LogP contribution in [0.15, 0.2) is 24.4 Å². The lowest BCUT2D eigenvalue weighted by Gasteiger charge is -2.09. The molecule has 4 nitrogen and oxygen atoms in total. The topological polar surface area (TPSA) is 50.9 Å². The summed E-state index contributed by atoms with van der Waals surface area (Å²) in [5.41, 5.74) is -1.23. The van der Waals surface area contributed by atoms with Crippen molar-refractivity contribution in [2.45, 2.75) is 12.8 Å². The number of aliphatic hydroxyl groups is 1. The van der Waals surface area contributed by atoms with E-state index in [2.05, 4.69) is 10.3 Å². The van der Waals surface area contributed by atoms with E-state index < -0.39 is 24.2 Å². The summed E-state index contributed by atoms with van der Waals surface area (Å²) < 4.78 is 51.7. The van der Waals surface area contributed by atoms with Gasteiger partial charge in [-0.1, -0.05) is 5.21 Å². The van der Waals surface area contributed by atoms with Gasteiger partial charge in [-0.3, -0.25) is 0 Å². The summed E-state index contributed by atoms with van der Waals surface area (Å²) in [5.74, 6) is -0.864. The van der Waals surface area contributed by atoms with Crippen LogP contribution in [0.4, 0.5) is 17.6 Å². The molecule has 0 unspecified atom stereocenters. The van der Waals surface area contributed by atoms with Gasteiger partial charge in [0.05, 0.1) is 18.4 Å². The van der Waals surface area contributed by atoms with Gasteiger partial charge < -0.3 is 5.11 Å². The number of hydrogen-bond donors (Lipinski definition) is 1. The third kappa shape index (κ3) is 2.33. The van der Waals surface area contributed by atoms with E-state index >= 15 is 0 Å². The molecule has 1 N–H and O–H groups in total. The van der Waals surface area contributed by atoms with Gasteiger partial charge in [0.25, 0.3) is 0 Å². The summed E-state index contributed by atoms with van der Waals surface area (Å²) >= 11 is 0. The molecule has 1 aromatic carbocycles. The summed E-state index contributed by atoms with van der Waals surface area (Å²) in [6.07, 6.45) is -3.42. The SMILES string of the molecule is OCc1cn(-c2cc(C(F)(F)F)ccc2F)nn1. The zero-order valence-corrected chi connectivity index (χ0v) is 8.82. The number of aromatic nitrogens is 3.